The van der Waals surface area contributed by atoms with Crippen LogP contribution in [0, 0.1) is 5.92 Å². The molecule has 2 aromatic carbocycles. The van der Waals surface area contributed by atoms with Gasteiger partial charge in [-0.15, -0.1) is 8.80 Å². The van der Waals surface area contributed by atoms with E-state index in [0.717, 1.165) is 5.56 Å². The van der Waals surface area contributed by atoms with Crippen molar-refractivity contribution in [1.82, 2.24) is 10.2 Å². The van der Waals surface area contributed by atoms with E-state index < -0.39 is 11.2 Å². The number of rotatable bonds is 5. The van der Waals surface area contributed by atoms with Crippen molar-refractivity contribution in [1.29, 1.82) is 0 Å². The first-order valence-corrected chi connectivity index (χ1v) is 11.4. The number of phenols is 1. The molecule has 2 aliphatic rings. The molecule has 11 heteroatoms. The van der Waals surface area contributed by atoms with Gasteiger partial charge in [0.05, 0.1) is 17.3 Å². The zero-order valence-corrected chi connectivity index (χ0v) is 19.5. The van der Waals surface area contributed by atoms with E-state index in [1.807, 2.05) is 32.0 Å². The highest BCUT2D eigenvalue weighted by Crippen LogP contribution is 2.36. The summed E-state index contributed by atoms with van der Waals surface area (Å²) in [5.41, 5.74) is 1.33. The maximum atomic E-state index is 12.3. The molecule has 3 N–H and O–H groups in total. The lowest BCUT2D eigenvalue weighted by Gasteiger charge is -2.24. The summed E-state index contributed by atoms with van der Waals surface area (Å²) in [5.74, 6) is 1.40. The largest absolute Gasteiger partial charge is 0.505 e. The average molecular weight is 472 g/mol. The number of fused-ring (bicyclic) bond motifs is 1. The minimum atomic E-state index is -1.82. The number of amides is 1. The summed E-state index contributed by atoms with van der Waals surface area (Å²) in [7, 11) is 3.20. The second-order valence-electron chi connectivity index (χ2n) is 8.12. The Morgan fingerprint density at radius 1 is 1.12 bits per heavy atom. The Morgan fingerprint density at radius 3 is 2.58 bits per heavy atom. The molecule has 0 saturated heterocycles. The molecule has 2 atom stereocenters. The first kappa shape index (κ1) is 22.6. The van der Waals surface area contributed by atoms with Gasteiger partial charge in [-0.05, 0) is 35.7 Å². The Morgan fingerprint density at radius 2 is 1.85 bits per heavy atom. The minimum Gasteiger partial charge on any atom is -0.505 e. The van der Waals surface area contributed by atoms with E-state index in [9.17, 15) is 14.1 Å². The third-order valence-electron chi connectivity index (χ3n) is 5.20. The van der Waals surface area contributed by atoms with E-state index in [1.54, 1.807) is 26.2 Å². The molecule has 0 aliphatic carbocycles. The first-order valence-electron chi connectivity index (χ1n) is 10.3. The van der Waals surface area contributed by atoms with Crippen molar-refractivity contribution in [2.24, 2.45) is 14.7 Å². The van der Waals surface area contributed by atoms with Crippen LogP contribution in [0.15, 0.2) is 45.2 Å². The van der Waals surface area contributed by atoms with Crippen LogP contribution >= 0.6 is 0 Å². The fraction of sp³-hybridized carbons (Fsp3) is 0.318. The standard InChI is InChI=1S/C22H25N5O5S/c1-12(2)18(13-8-9-16-17(10-13)32-11-31-16)24-21-20(25-33(30)26-21)23-15-7-5-6-14(19(15)28)22(29)27(3)4/h5-10,12,18,28H,11H2,1-4H3,(H,23,25)(H,24,26). The van der Waals surface area contributed by atoms with E-state index in [1.165, 1.54) is 11.0 Å². The first-order chi connectivity index (χ1) is 15.7. The van der Waals surface area contributed by atoms with Gasteiger partial charge in [0.2, 0.25) is 6.79 Å². The van der Waals surface area contributed by atoms with Crippen molar-refractivity contribution in [2.45, 2.75) is 19.9 Å². The summed E-state index contributed by atoms with van der Waals surface area (Å²) in [4.78, 5) is 13.7. The number of para-hydroxylation sites is 1. The molecular weight excluding hydrogens is 446 g/mol. The topological polar surface area (TPSA) is 125 Å². The second-order valence-corrected chi connectivity index (χ2v) is 8.94. The maximum absolute atomic E-state index is 12.3. The molecule has 4 rings (SSSR count). The zero-order valence-electron chi connectivity index (χ0n) is 18.7. The molecule has 174 valence electrons. The third kappa shape index (κ3) is 4.63. The molecular formula is C22H25N5O5S. The fourth-order valence-electron chi connectivity index (χ4n) is 3.51. The molecule has 2 unspecified atom stereocenters. The quantitative estimate of drug-likeness (QED) is 0.573. The van der Waals surface area contributed by atoms with E-state index in [2.05, 4.69) is 19.4 Å². The summed E-state index contributed by atoms with van der Waals surface area (Å²) in [6, 6.07) is 10.2. The summed E-state index contributed by atoms with van der Waals surface area (Å²) >= 11 is -1.82. The Balaban J connectivity index is 1.58. The van der Waals surface area contributed by atoms with Crippen LogP contribution in [0.1, 0.15) is 35.8 Å². The number of hydrogen-bond acceptors (Lipinski definition) is 7. The van der Waals surface area contributed by atoms with Gasteiger partial charge in [0.1, 0.15) is 0 Å². The van der Waals surface area contributed by atoms with Crippen LogP contribution < -0.4 is 20.1 Å². The smallest absolute Gasteiger partial charge is 0.269 e. The zero-order chi connectivity index (χ0) is 23.7. The van der Waals surface area contributed by atoms with Crippen molar-refractivity contribution < 1.29 is 23.6 Å². The van der Waals surface area contributed by atoms with Crippen LogP contribution in [0.2, 0.25) is 0 Å². The molecule has 0 fully saturated rings. The number of nitrogens with one attached hydrogen (secondary N) is 2. The van der Waals surface area contributed by atoms with Crippen LogP contribution in [0.3, 0.4) is 0 Å². The van der Waals surface area contributed by atoms with Crippen LogP contribution in [-0.2, 0) is 11.2 Å². The van der Waals surface area contributed by atoms with Crippen LogP contribution in [0.4, 0.5) is 5.69 Å². The third-order valence-corrected chi connectivity index (χ3v) is 5.88. The molecule has 0 radical (unpaired) electrons. The Bertz CT molecular complexity index is 1180. The molecule has 10 nitrogen and oxygen atoms in total. The number of benzene rings is 2. The monoisotopic (exact) mass is 471 g/mol. The van der Waals surface area contributed by atoms with E-state index in [4.69, 9.17) is 9.47 Å². The number of carbonyl (C=O) groups excluding carboxylic acids is 1. The molecule has 0 bridgehead atoms. The van der Waals surface area contributed by atoms with Gasteiger partial charge in [0.15, 0.2) is 28.9 Å². The second kappa shape index (κ2) is 9.10. The summed E-state index contributed by atoms with van der Waals surface area (Å²) in [6.07, 6.45) is 0. The molecule has 2 heterocycles. The van der Waals surface area contributed by atoms with Crippen LogP contribution in [-0.4, -0.2) is 52.7 Å². The van der Waals surface area contributed by atoms with Gasteiger partial charge >= 0.3 is 0 Å². The van der Waals surface area contributed by atoms with E-state index in [0.29, 0.717) is 11.5 Å². The summed E-state index contributed by atoms with van der Waals surface area (Å²) in [5, 5.41) is 16.9. The van der Waals surface area contributed by atoms with Crippen molar-refractivity contribution >= 4 is 34.4 Å². The predicted molar refractivity (Wildman–Crippen MR) is 126 cm³/mol. The lowest BCUT2D eigenvalue weighted by atomic mass is 9.95. The molecule has 33 heavy (non-hydrogen) atoms. The minimum absolute atomic E-state index is 0.136. The highest BCUT2D eigenvalue weighted by molar-refractivity contribution is 7.83. The SMILES string of the molecule is CC(C)C(NC1=NS(=O)N=C1Nc1cccc(C(=O)N(C)C)c1O)c1ccc2c(c1)OCO2. The van der Waals surface area contributed by atoms with Crippen molar-refractivity contribution in [3.8, 4) is 17.2 Å². The molecule has 2 aromatic rings. The molecule has 0 aromatic heterocycles. The van der Waals surface area contributed by atoms with Crippen molar-refractivity contribution in [2.75, 3.05) is 26.2 Å². The number of nitrogens with zero attached hydrogens (tertiary/aromatic N) is 3. The maximum Gasteiger partial charge on any atom is 0.269 e. The Kier molecular flexibility index (Phi) is 6.23. The van der Waals surface area contributed by atoms with Gasteiger partial charge in [0, 0.05) is 14.1 Å². The van der Waals surface area contributed by atoms with E-state index in [-0.39, 0.29) is 53.3 Å². The number of phenolic OH excluding ortho intramolecular Hbond substituents is 1. The van der Waals surface area contributed by atoms with Gasteiger partial charge in [-0.25, -0.2) is 4.21 Å². The normalized spacial score (nSPS) is 17.4. The highest BCUT2D eigenvalue weighted by Gasteiger charge is 2.27. The number of ether oxygens (including phenoxy) is 2. The van der Waals surface area contributed by atoms with Crippen molar-refractivity contribution in [3.63, 3.8) is 0 Å². The van der Waals surface area contributed by atoms with Crippen molar-refractivity contribution in [3.05, 3.63) is 47.5 Å². The van der Waals surface area contributed by atoms with Gasteiger partial charge in [0.25, 0.3) is 17.1 Å². The van der Waals surface area contributed by atoms with E-state index >= 15 is 0 Å². The van der Waals surface area contributed by atoms with Gasteiger partial charge in [-0.1, -0.05) is 26.0 Å². The molecule has 0 spiro atoms. The number of hydrogen-bond donors (Lipinski definition) is 3. The summed E-state index contributed by atoms with van der Waals surface area (Å²) in [6.45, 7) is 4.27. The number of anilines is 1. The lowest BCUT2D eigenvalue weighted by molar-refractivity contribution is 0.0824. The van der Waals surface area contributed by atoms with Gasteiger partial charge in [-0.2, -0.15) is 0 Å². The number of aromatic hydroxyl groups is 1. The molecule has 0 saturated carbocycles. The highest BCUT2D eigenvalue weighted by atomic mass is 32.2. The average Bonchev–Trinajstić information content (AvgIpc) is 3.38. The van der Waals surface area contributed by atoms with Gasteiger partial charge in [-0.3, -0.25) is 4.79 Å². The molecule has 1 amide bonds. The van der Waals surface area contributed by atoms with Crippen LogP contribution in [0.5, 0.6) is 17.2 Å². The number of amidine groups is 2. The predicted octanol–water partition coefficient (Wildman–Crippen LogP) is 2.61. The van der Waals surface area contributed by atoms with Gasteiger partial charge < -0.3 is 30.1 Å². The lowest BCUT2D eigenvalue weighted by Crippen LogP contribution is -2.38. The fourth-order valence-corrected chi connectivity index (χ4v) is 4.14. The Labute approximate surface area is 194 Å². The molecule has 2 aliphatic heterocycles. The summed E-state index contributed by atoms with van der Waals surface area (Å²) < 4.78 is 31.2. The van der Waals surface area contributed by atoms with Crippen LogP contribution in [0.25, 0.3) is 0 Å². The number of carbonyl (C=O) groups is 1. The Hall–Kier alpha value is -3.60.